The molecule has 4 nitrogen and oxygen atoms in total. The molecule has 1 aliphatic heterocycles. The summed E-state index contributed by atoms with van der Waals surface area (Å²) in [5, 5.41) is 12.2. The molecule has 1 aromatic carbocycles. The molecule has 2 rings (SSSR count). The number of carbonyl (C=O) groups is 1. The first kappa shape index (κ1) is 12.9. The van der Waals surface area contributed by atoms with Gasteiger partial charge in [-0.25, -0.2) is 0 Å². The van der Waals surface area contributed by atoms with Crippen LogP contribution < -0.4 is 5.32 Å². The number of benzene rings is 1. The fraction of sp³-hybridized carbons (Fsp3) is 0.500. The first-order valence-electron chi connectivity index (χ1n) is 6.34. The van der Waals surface area contributed by atoms with Crippen molar-refractivity contribution in [3.05, 3.63) is 29.8 Å². The van der Waals surface area contributed by atoms with Gasteiger partial charge in [-0.15, -0.1) is 0 Å². The van der Waals surface area contributed by atoms with E-state index in [4.69, 9.17) is 4.74 Å². The van der Waals surface area contributed by atoms with Gasteiger partial charge < -0.3 is 15.2 Å². The van der Waals surface area contributed by atoms with Gasteiger partial charge in [0.1, 0.15) is 5.75 Å². The van der Waals surface area contributed by atoms with Gasteiger partial charge in [-0.2, -0.15) is 0 Å². The minimum atomic E-state index is -0.0889. The Hall–Kier alpha value is -1.55. The molecule has 0 spiro atoms. The van der Waals surface area contributed by atoms with Gasteiger partial charge in [-0.05, 0) is 49.9 Å². The van der Waals surface area contributed by atoms with Crippen molar-refractivity contribution in [3.63, 3.8) is 0 Å². The zero-order valence-corrected chi connectivity index (χ0v) is 10.6. The summed E-state index contributed by atoms with van der Waals surface area (Å²) in [4.78, 5) is 12.0. The lowest BCUT2D eigenvalue weighted by Crippen LogP contribution is -2.40. The van der Waals surface area contributed by atoms with Crippen LogP contribution in [0.15, 0.2) is 24.3 Å². The Morgan fingerprint density at radius 3 is 2.56 bits per heavy atom. The fourth-order valence-electron chi connectivity index (χ4n) is 2.24. The highest BCUT2D eigenvalue weighted by molar-refractivity contribution is 5.94. The van der Waals surface area contributed by atoms with Crippen LogP contribution in [0, 0.1) is 5.92 Å². The molecule has 1 aromatic rings. The van der Waals surface area contributed by atoms with Crippen molar-refractivity contribution in [1.82, 2.24) is 5.32 Å². The molecule has 4 heteroatoms. The third-order valence-corrected chi connectivity index (χ3v) is 3.46. The van der Waals surface area contributed by atoms with Crippen molar-refractivity contribution < 1.29 is 14.6 Å². The molecule has 1 saturated heterocycles. The molecule has 1 unspecified atom stereocenters. The third-order valence-electron chi connectivity index (χ3n) is 3.46. The molecule has 0 aromatic heterocycles. The summed E-state index contributed by atoms with van der Waals surface area (Å²) in [7, 11) is 0. The quantitative estimate of drug-likeness (QED) is 0.860. The Morgan fingerprint density at radius 2 is 1.94 bits per heavy atom. The molecule has 98 valence electrons. The van der Waals surface area contributed by atoms with Gasteiger partial charge in [0.25, 0.3) is 5.91 Å². The average Bonchev–Trinajstić information content (AvgIpc) is 2.40. The molecule has 0 radical (unpaired) electrons. The van der Waals surface area contributed by atoms with E-state index >= 15 is 0 Å². The molecule has 1 atom stereocenters. The molecule has 0 aliphatic carbocycles. The van der Waals surface area contributed by atoms with Gasteiger partial charge in [0, 0.05) is 24.8 Å². The summed E-state index contributed by atoms with van der Waals surface area (Å²) >= 11 is 0. The van der Waals surface area contributed by atoms with E-state index in [1.807, 2.05) is 6.92 Å². The van der Waals surface area contributed by atoms with Crippen molar-refractivity contribution in [2.75, 3.05) is 13.2 Å². The van der Waals surface area contributed by atoms with Gasteiger partial charge in [0.2, 0.25) is 0 Å². The Bertz CT molecular complexity index is 396. The smallest absolute Gasteiger partial charge is 0.251 e. The molecule has 0 bridgehead atoms. The van der Waals surface area contributed by atoms with Crippen molar-refractivity contribution in [1.29, 1.82) is 0 Å². The van der Waals surface area contributed by atoms with Crippen LogP contribution in [0.4, 0.5) is 0 Å². The van der Waals surface area contributed by atoms with Crippen molar-refractivity contribution >= 4 is 5.91 Å². The van der Waals surface area contributed by atoms with Crippen molar-refractivity contribution in [2.24, 2.45) is 5.92 Å². The molecule has 2 N–H and O–H groups in total. The zero-order valence-electron chi connectivity index (χ0n) is 10.6. The SMILES string of the molecule is CC(NC(=O)c1ccc(O)cc1)C1CCOCC1. The first-order chi connectivity index (χ1) is 8.66. The predicted octanol–water partition coefficient (Wildman–Crippen LogP) is 1.94. The highest BCUT2D eigenvalue weighted by Crippen LogP contribution is 2.19. The normalized spacial score (nSPS) is 18.3. The topological polar surface area (TPSA) is 58.6 Å². The zero-order chi connectivity index (χ0) is 13.0. The monoisotopic (exact) mass is 249 g/mol. The van der Waals surface area contributed by atoms with Gasteiger partial charge >= 0.3 is 0 Å². The molecule has 1 amide bonds. The van der Waals surface area contributed by atoms with Gasteiger partial charge in [0.15, 0.2) is 0 Å². The number of ether oxygens (including phenoxy) is 1. The predicted molar refractivity (Wildman–Crippen MR) is 68.6 cm³/mol. The number of hydrogen-bond acceptors (Lipinski definition) is 3. The standard InChI is InChI=1S/C14H19NO3/c1-10(11-6-8-18-9-7-11)15-14(17)12-2-4-13(16)5-3-12/h2-5,10-11,16H,6-9H2,1H3,(H,15,17). The van der Waals surface area contributed by atoms with E-state index in [1.165, 1.54) is 12.1 Å². The summed E-state index contributed by atoms with van der Waals surface area (Å²) in [5.74, 6) is 0.567. The van der Waals surface area contributed by atoms with Crippen molar-refractivity contribution in [3.8, 4) is 5.75 Å². The number of phenols is 1. The minimum Gasteiger partial charge on any atom is -0.508 e. The highest BCUT2D eigenvalue weighted by Gasteiger charge is 2.22. The molecule has 18 heavy (non-hydrogen) atoms. The maximum absolute atomic E-state index is 12.0. The van der Waals surface area contributed by atoms with Crippen LogP contribution in [-0.4, -0.2) is 30.3 Å². The molecule has 1 aliphatic rings. The molecule has 1 fully saturated rings. The Kier molecular flexibility index (Phi) is 4.20. The van der Waals surface area contributed by atoms with Crippen LogP contribution in [0.3, 0.4) is 0 Å². The number of hydrogen-bond donors (Lipinski definition) is 2. The number of nitrogens with one attached hydrogen (secondary N) is 1. The summed E-state index contributed by atoms with van der Waals surface area (Å²) in [6.07, 6.45) is 1.99. The highest BCUT2D eigenvalue weighted by atomic mass is 16.5. The minimum absolute atomic E-state index is 0.0889. The molecular formula is C14H19NO3. The maximum atomic E-state index is 12.0. The summed E-state index contributed by atoms with van der Waals surface area (Å²) < 4.78 is 5.31. The van der Waals surface area contributed by atoms with Crippen LogP contribution in [-0.2, 0) is 4.74 Å². The Balaban J connectivity index is 1.91. The third kappa shape index (κ3) is 3.23. The second kappa shape index (κ2) is 5.87. The fourth-order valence-corrected chi connectivity index (χ4v) is 2.24. The lowest BCUT2D eigenvalue weighted by atomic mass is 9.93. The van der Waals surface area contributed by atoms with E-state index < -0.39 is 0 Å². The van der Waals surface area contributed by atoms with Crippen LogP contribution in [0.2, 0.25) is 0 Å². The second-order valence-corrected chi connectivity index (χ2v) is 4.76. The molecule has 0 saturated carbocycles. The van der Waals surface area contributed by atoms with Gasteiger partial charge in [-0.3, -0.25) is 4.79 Å². The van der Waals surface area contributed by atoms with E-state index in [2.05, 4.69) is 5.32 Å². The van der Waals surface area contributed by atoms with E-state index in [9.17, 15) is 9.90 Å². The average molecular weight is 249 g/mol. The van der Waals surface area contributed by atoms with Crippen LogP contribution in [0.5, 0.6) is 5.75 Å². The maximum Gasteiger partial charge on any atom is 0.251 e. The lowest BCUT2D eigenvalue weighted by molar-refractivity contribution is 0.0538. The largest absolute Gasteiger partial charge is 0.508 e. The number of phenolic OH excluding ortho intramolecular Hbond substituents is 1. The number of aromatic hydroxyl groups is 1. The van der Waals surface area contributed by atoms with Crippen LogP contribution in [0.1, 0.15) is 30.1 Å². The number of rotatable bonds is 3. The van der Waals surface area contributed by atoms with E-state index in [1.54, 1.807) is 12.1 Å². The van der Waals surface area contributed by atoms with Gasteiger partial charge in [0.05, 0.1) is 0 Å². The van der Waals surface area contributed by atoms with Gasteiger partial charge in [-0.1, -0.05) is 0 Å². The number of carbonyl (C=O) groups excluding carboxylic acids is 1. The molecule has 1 heterocycles. The summed E-state index contributed by atoms with van der Waals surface area (Å²) in [5.41, 5.74) is 0.576. The van der Waals surface area contributed by atoms with Crippen LogP contribution >= 0.6 is 0 Å². The Labute approximate surface area is 107 Å². The summed E-state index contributed by atoms with van der Waals surface area (Å²) in [6.45, 7) is 3.60. The lowest BCUT2D eigenvalue weighted by Gasteiger charge is -2.28. The van der Waals surface area contributed by atoms with E-state index in [0.717, 1.165) is 26.1 Å². The summed E-state index contributed by atoms with van der Waals surface area (Å²) in [6, 6.07) is 6.44. The molecular weight excluding hydrogens is 230 g/mol. The second-order valence-electron chi connectivity index (χ2n) is 4.76. The van der Waals surface area contributed by atoms with E-state index in [-0.39, 0.29) is 17.7 Å². The van der Waals surface area contributed by atoms with Crippen molar-refractivity contribution in [2.45, 2.75) is 25.8 Å². The van der Waals surface area contributed by atoms with E-state index in [0.29, 0.717) is 11.5 Å². The van der Waals surface area contributed by atoms with Crippen LogP contribution in [0.25, 0.3) is 0 Å². The first-order valence-corrected chi connectivity index (χ1v) is 6.34. The number of amides is 1. The Morgan fingerprint density at radius 1 is 1.33 bits per heavy atom.